The number of nitro benzene ring substituents is 1. The molecule has 0 bridgehead atoms. The summed E-state index contributed by atoms with van der Waals surface area (Å²) in [5.74, 6) is -2.73. The fraction of sp³-hybridized carbons (Fsp3) is 0.167. The second-order valence-electron chi connectivity index (χ2n) is 4.17. The maximum atomic E-state index is 13.8. The molecular weight excluding hydrogens is 285 g/mol. The Bertz CT molecular complexity index is 741. The predicted octanol–water partition coefficient (Wildman–Crippen LogP) is 2.27. The number of aromatic carboxylic acids is 1. The average molecular weight is 295 g/mol. The number of carboxylic acid groups (broad SMARTS) is 1. The molecule has 1 heterocycles. The molecule has 0 saturated heterocycles. The van der Waals surface area contributed by atoms with Crippen molar-refractivity contribution in [1.82, 2.24) is 9.78 Å². The fourth-order valence-electron chi connectivity index (χ4n) is 1.79. The van der Waals surface area contributed by atoms with E-state index in [1.807, 2.05) is 0 Å². The maximum absolute atomic E-state index is 13.8. The number of nitrogens with zero attached hydrogens (tertiary/aromatic N) is 3. The van der Waals surface area contributed by atoms with Gasteiger partial charge >= 0.3 is 5.97 Å². The van der Waals surface area contributed by atoms with Gasteiger partial charge in [0.25, 0.3) is 5.69 Å². The second-order valence-corrected chi connectivity index (χ2v) is 4.17. The Labute approximate surface area is 117 Å². The van der Waals surface area contributed by atoms with Gasteiger partial charge in [-0.2, -0.15) is 5.10 Å². The Balaban J connectivity index is 2.44. The molecule has 2 aromatic rings. The lowest BCUT2D eigenvalue weighted by molar-refractivity contribution is -0.385. The van der Waals surface area contributed by atoms with Crippen LogP contribution in [-0.4, -0.2) is 25.8 Å². The van der Waals surface area contributed by atoms with Crippen LogP contribution in [0.3, 0.4) is 0 Å². The van der Waals surface area contributed by atoms with Crippen molar-refractivity contribution in [1.29, 1.82) is 0 Å². The quantitative estimate of drug-likeness (QED) is 0.684. The van der Waals surface area contributed by atoms with Gasteiger partial charge in [-0.3, -0.25) is 10.1 Å². The Morgan fingerprint density at radius 1 is 1.52 bits per heavy atom. The van der Waals surface area contributed by atoms with Crippen molar-refractivity contribution in [3.05, 3.63) is 45.4 Å². The zero-order chi connectivity index (χ0) is 15.7. The summed E-state index contributed by atoms with van der Waals surface area (Å²) in [5.41, 5.74) is -0.419. The maximum Gasteiger partial charge on any atom is 0.343 e. The summed E-state index contributed by atoms with van der Waals surface area (Å²) in [5, 5.41) is 23.5. The van der Waals surface area contributed by atoms with E-state index in [2.05, 4.69) is 5.10 Å². The molecule has 0 saturated carbocycles. The summed E-state index contributed by atoms with van der Waals surface area (Å²) in [6.07, 6.45) is 0. The Morgan fingerprint density at radius 2 is 2.19 bits per heavy atom. The highest BCUT2D eigenvalue weighted by Crippen LogP contribution is 2.30. The predicted molar refractivity (Wildman–Crippen MR) is 68.0 cm³/mol. The van der Waals surface area contributed by atoms with Crippen LogP contribution in [0.15, 0.2) is 18.2 Å². The van der Waals surface area contributed by atoms with Crippen LogP contribution in [0.2, 0.25) is 0 Å². The first-order valence-electron chi connectivity index (χ1n) is 5.70. The monoisotopic (exact) mass is 295 g/mol. The third kappa shape index (κ3) is 2.66. The van der Waals surface area contributed by atoms with Gasteiger partial charge in [0.15, 0.2) is 11.6 Å². The number of ether oxygens (including phenoxy) is 1. The second kappa shape index (κ2) is 5.19. The molecule has 21 heavy (non-hydrogen) atoms. The SMILES string of the molecule is Cc1nn(C)c(Oc2ccc([N+](=O)[O-])cc2F)c1C(=O)O. The molecule has 0 aliphatic heterocycles. The van der Waals surface area contributed by atoms with E-state index < -0.39 is 22.4 Å². The summed E-state index contributed by atoms with van der Waals surface area (Å²) in [6, 6.07) is 2.81. The first kappa shape index (κ1) is 14.4. The lowest BCUT2D eigenvalue weighted by Gasteiger charge is -2.07. The van der Waals surface area contributed by atoms with Crippen LogP contribution in [0.25, 0.3) is 0 Å². The number of aromatic nitrogens is 2. The number of hydrogen-bond donors (Lipinski definition) is 1. The first-order valence-corrected chi connectivity index (χ1v) is 5.70. The van der Waals surface area contributed by atoms with Crippen molar-refractivity contribution in [3.63, 3.8) is 0 Å². The van der Waals surface area contributed by atoms with Gasteiger partial charge in [-0.15, -0.1) is 0 Å². The lowest BCUT2D eigenvalue weighted by atomic mass is 10.2. The molecule has 0 unspecified atom stereocenters. The van der Waals surface area contributed by atoms with E-state index in [1.165, 1.54) is 14.0 Å². The van der Waals surface area contributed by atoms with Gasteiger partial charge in [0, 0.05) is 13.1 Å². The van der Waals surface area contributed by atoms with Gasteiger partial charge < -0.3 is 9.84 Å². The fourth-order valence-corrected chi connectivity index (χ4v) is 1.79. The number of benzene rings is 1. The van der Waals surface area contributed by atoms with Crippen molar-refractivity contribution >= 4 is 11.7 Å². The standard InChI is InChI=1S/C12H10FN3O5/c1-6-10(12(17)18)11(15(2)14-6)21-9-4-3-7(16(19)20)5-8(9)13/h3-5H,1-2H3,(H,17,18). The lowest BCUT2D eigenvalue weighted by Crippen LogP contribution is -2.03. The minimum atomic E-state index is -1.27. The molecule has 0 aliphatic rings. The minimum absolute atomic E-state index is 0.159. The Kier molecular flexibility index (Phi) is 3.57. The molecule has 1 N–H and O–H groups in total. The van der Waals surface area contributed by atoms with Gasteiger partial charge in [-0.1, -0.05) is 0 Å². The first-order chi connectivity index (χ1) is 9.81. The summed E-state index contributed by atoms with van der Waals surface area (Å²) in [4.78, 5) is 20.9. The number of carbonyl (C=O) groups is 1. The number of halogens is 1. The topological polar surface area (TPSA) is 107 Å². The van der Waals surface area contributed by atoms with Crippen molar-refractivity contribution < 1.29 is 24.0 Å². The molecule has 0 fully saturated rings. The van der Waals surface area contributed by atoms with Gasteiger partial charge in [0.05, 0.1) is 16.7 Å². The normalized spacial score (nSPS) is 10.4. The highest BCUT2D eigenvalue weighted by atomic mass is 19.1. The number of nitro groups is 1. The summed E-state index contributed by atoms with van der Waals surface area (Å²) < 4.78 is 20.1. The third-order valence-corrected chi connectivity index (χ3v) is 2.72. The Hall–Kier alpha value is -2.97. The zero-order valence-electron chi connectivity index (χ0n) is 11.0. The molecule has 1 aromatic carbocycles. The molecule has 110 valence electrons. The van der Waals surface area contributed by atoms with Gasteiger partial charge in [-0.05, 0) is 13.0 Å². The van der Waals surface area contributed by atoms with Crippen molar-refractivity contribution in [3.8, 4) is 11.6 Å². The van der Waals surface area contributed by atoms with E-state index in [0.29, 0.717) is 6.07 Å². The summed E-state index contributed by atoms with van der Waals surface area (Å²) in [7, 11) is 1.44. The van der Waals surface area contributed by atoms with Crippen LogP contribution in [0, 0.1) is 22.9 Å². The van der Waals surface area contributed by atoms with Crippen LogP contribution in [0.5, 0.6) is 11.6 Å². The van der Waals surface area contributed by atoms with Crippen molar-refractivity contribution in [2.24, 2.45) is 7.05 Å². The highest BCUT2D eigenvalue weighted by Gasteiger charge is 2.23. The molecule has 1 aromatic heterocycles. The molecule has 0 aliphatic carbocycles. The number of aryl methyl sites for hydroxylation is 2. The van der Waals surface area contributed by atoms with E-state index in [-0.39, 0.29) is 22.9 Å². The molecule has 0 spiro atoms. The Morgan fingerprint density at radius 3 is 2.71 bits per heavy atom. The van der Waals surface area contributed by atoms with Gasteiger partial charge in [0.2, 0.25) is 5.88 Å². The van der Waals surface area contributed by atoms with Crippen LogP contribution in [0.4, 0.5) is 10.1 Å². The molecule has 2 rings (SSSR count). The van der Waals surface area contributed by atoms with E-state index >= 15 is 0 Å². The smallest absolute Gasteiger partial charge is 0.343 e. The number of carboxylic acids is 1. The van der Waals surface area contributed by atoms with Crippen molar-refractivity contribution in [2.45, 2.75) is 6.92 Å². The molecule has 9 heteroatoms. The van der Waals surface area contributed by atoms with E-state index in [0.717, 1.165) is 16.8 Å². The zero-order valence-corrected chi connectivity index (χ0v) is 11.0. The largest absolute Gasteiger partial charge is 0.477 e. The number of hydrogen-bond acceptors (Lipinski definition) is 5. The van der Waals surface area contributed by atoms with Crippen LogP contribution in [-0.2, 0) is 7.05 Å². The van der Waals surface area contributed by atoms with Gasteiger partial charge in [-0.25, -0.2) is 13.9 Å². The van der Waals surface area contributed by atoms with Crippen LogP contribution >= 0.6 is 0 Å². The number of non-ortho nitro benzene ring substituents is 1. The molecule has 0 amide bonds. The molecule has 0 atom stereocenters. The number of rotatable bonds is 4. The molecule has 8 nitrogen and oxygen atoms in total. The third-order valence-electron chi connectivity index (χ3n) is 2.72. The average Bonchev–Trinajstić information content (AvgIpc) is 2.66. The minimum Gasteiger partial charge on any atom is -0.477 e. The summed E-state index contributed by atoms with van der Waals surface area (Å²) in [6.45, 7) is 1.47. The molecular formula is C12H10FN3O5. The van der Waals surface area contributed by atoms with E-state index in [1.54, 1.807) is 0 Å². The summed E-state index contributed by atoms with van der Waals surface area (Å²) >= 11 is 0. The van der Waals surface area contributed by atoms with E-state index in [4.69, 9.17) is 9.84 Å². The van der Waals surface area contributed by atoms with Crippen LogP contribution in [0.1, 0.15) is 16.1 Å². The van der Waals surface area contributed by atoms with Crippen LogP contribution < -0.4 is 4.74 Å². The molecule has 0 radical (unpaired) electrons. The van der Waals surface area contributed by atoms with Crippen molar-refractivity contribution in [2.75, 3.05) is 0 Å². The van der Waals surface area contributed by atoms with E-state index in [9.17, 15) is 19.3 Å². The highest BCUT2D eigenvalue weighted by molar-refractivity contribution is 5.91. The van der Waals surface area contributed by atoms with Gasteiger partial charge in [0.1, 0.15) is 5.56 Å².